The first-order valence-electron chi connectivity index (χ1n) is 11.1. The van der Waals surface area contributed by atoms with Crippen LogP contribution in [0, 0.1) is 0 Å². The normalized spacial score (nSPS) is 12.2. The Bertz CT molecular complexity index is 1220. The quantitative estimate of drug-likeness (QED) is 0.222. The molecule has 3 aromatic rings. The summed E-state index contributed by atoms with van der Waals surface area (Å²) in [6, 6.07) is 21.7. The molecule has 0 aromatic heterocycles. The molecule has 0 fully saturated rings. The minimum Gasteiger partial charge on any atom is -0.384 e. The van der Waals surface area contributed by atoms with Crippen molar-refractivity contribution in [2.45, 2.75) is 0 Å². The van der Waals surface area contributed by atoms with E-state index in [4.69, 9.17) is 11.5 Å². The molecule has 8 nitrogen and oxygen atoms in total. The first-order valence-corrected chi connectivity index (χ1v) is 11.1. The summed E-state index contributed by atoms with van der Waals surface area (Å²) in [6.45, 7) is 0. The fraction of sp³-hybridized carbons (Fsp3) is 0.0714. The molecular weight excluding hydrogens is 452 g/mol. The summed E-state index contributed by atoms with van der Waals surface area (Å²) >= 11 is 0. The Morgan fingerprint density at radius 1 is 0.611 bits per heavy atom. The average molecular weight is 481 g/mol. The summed E-state index contributed by atoms with van der Waals surface area (Å²) in [4.78, 5) is 32.3. The van der Waals surface area contributed by atoms with E-state index in [9.17, 15) is 9.59 Å². The van der Waals surface area contributed by atoms with Crippen molar-refractivity contribution in [3.8, 4) is 0 Å². The van der Waals surface area contributed by atoms with E-state index in [-0.39, 0.29) is 11.8 Å². The smallest absolute Gasteiger partial charge is 0.248 e. The highest BCUT2D eigenvalue weighted by Crippen LogP contribution is 2.12. The first-order chi connectivity index (χ1) is 17.4. The van der Waals surface area contributed by atoms with E-state index in [1.54, 1.807) is 74.8 Å². The molecule has 0 saturated carbocycles. The third kappa shape index (κ3) is 7.53. The number of anilines is 2. The number of carbonyl (C=O) groups excluding carboxylic acids is 2. The van der Waals surface area contributed by atoms with Crippen LogP contribution in [0.1, 0.15) is 22.3 Å². The number of amidine groups is 2. The van der Waals surface area contributed by atoms with Crippen LogP contribution < -0.4 is 22.1 Å². The highest BCUT2D eigenvalue weighted by Gasteiger charge is 2.02. The zero-order chi connectivity index (χ0) is 25.9. The minimum absolute atomic E-state index is 0.252. The van der Waals surface area contributed by atoms with E-state index in [0.717, 1.165) is 22.3 Å². The molecular formula is C28H28N6O2. The van der Waals surface area contributed by atoms with Crippen molar-refractivity contribution in [2.24, 2.45) is 21.5 Å². The van der Waals surface area contributed by atoms with Crippen molar-refractivity contribution in [3.05, 3.63) is 107 Å². The fourth-order valence-corrected chi connectivity index (χ4v) is 3.14. The van der Waals surface area contributed by atoms with Crippen molar-refractivity contribution in [2.75, 3.05) is 24.7 Å². The Kier molecular flexibility index (Phi) is 8.88. The highest BCUT2D eigenvalue weighted by molar-refractivity contribution is 6.03. The van der Waals surface area contributed by atoms with Crippen LogP contribution in [-0.2, 0) is 9.59 Å². The van der Waals surface area contributed by atoms with Crippen LogP contribution >= 0.6 is 0 Å². The van der Waals surface area contributed by atoms with Crippen molar-refractivity contribution in [1.29, 1.82) is 0 Å². The average Bonchev–Trinajstić information content (AvgIpc) is 2.91. The van der Waals surface area contributed by atoms with E-state index < -0.39 is 0 Å². The molecule has 0 bridgehead atoms. The highest BCUT2D eigenvalue weighted by atomic mass is 16.2. The molecule has 0 heterocycles. The number of hydrogen-bond donors (Lipinski definition) is 4. The van der Waals surface area contributed by atoms with Gasteiger partial charge in [0.1, 0.15) is 11.7 Å². The van der Waals surface area contributed by atoms with Crippen molar-refractivity contribution < 1.29 is 9.59 Å². The number of rotatable bonds is 8. The molecule has 3 aromatic carbocycles. The second-order valence-electron chi connectivity index (χ2n) is 7.68. The summed E-state index contributed by atoms with van der Waals surface area (Å²) < 4.78 is 0. The van der Waals surface area contributed by atoms with Gasteiger partial charge < -0.3 is 22.1 Å². The van der Waals surface area contributed by atoms with E-state index >= 15 is 0 Å². The summed E-state index contributed by atoms with van der Waals surface area (Å²) in [5.41, 5.74) is 16.1. The minimum atomic E-state index is -0.252. The predicted molar refractivity (Wildman–Crippen MR) is 148 cm³/mol. The van der Waals surface area contributed by atoms with Gasteiger partial charge in [0.25, 0.3) is 0 Å². The van der Waals surface area contributed by atoms with Gasteiger partial charge in [0.05, 0.1) is 0 Å². The summed E-state index contributed by atoms with van der Waals surface area (Å²) in [5, 5.41) is 5.60. The maximum Gasteiger partial charge on any atom is 0.248 e. The van der Waals surface area contributed by atoms with Gasteiger partial charge in [-0.05, 0) is 71.8 Å². The number of aliphatic imine (C=N–C) groups is 2. The third-order valence-corrected chi connectivity index (χ3v) is 5.17. The Morgan fingerprint density at radius 3 is 1.25 bits per heavy atom. The molecule has 3 rings (SSSR count). The van der Waals surface area contributed by atoms with E-state index in [1.807, 2.05) is 24.3 Å². The topological polar surface area (TPSA) is 135 Å². The number of nitrogens with one attached hydrogen (secondary N) is 2. The molecule has 8 heteroatoms. The van der Waals surface area contributed by atoms with Crippen LogP contribution in [0.25, 0.3) is 12.2 Å². The second-order valence-corrected chi connectivity index (χ2v) is 7.68. The molecule has 0 spiro atoms. The molecule has 0 radical (unpaired) electrons. The zero-order valence-corrected chi connectivity index (χ0v) is 20.1. The maximum absolute atomic E-state index is 12.2. The van der Waals surface area contributed by atoms with Crippen LogP contribution in [0.4, 0.5) is 11.4 Å². The lowest BCUT2D eigenvalue weighted by molar-refractivity contribution is -0.112. The van der Waals surface area contributed by atoms with Crippen LogP contribution in [0.15, 0.2) is 94.9 Å². The molecule has 6 N–H and O–H groups in total. The lowest BCUT2D eigenvalue weighted by atomic mass is 10.1. The monoisotopic (exact) mass is 480 g/mol. The number of nitrogens with two attached hydrogens (primary N) is 2. The lowest BCUT2D eigenvalue weighted by Gasteiger charge is -2.04. The van der Waals surface area contributed by atoms with Gasteiger partial charge in [0.15, 0.2) is 0 Å². The van der Waals surface area contributed by atoms with Crippen molar-refractivity contribution in [1.82, 2.24) is 0 Å². The van der Waals surface area contributed by atoms with Gasteiger partial charge >= 0.3 is 0 Å². The van der Waals surface area contributed by atoms with E-state index in [2.05, 4.69) is 20.6 Å². The molecule has 0 unspecified atom stereocenters. The number of benzene rings is 3. The van der Waals surface area contributed by atoms with Gasteiger partial charge in [-0.2, -0.15) is 0 Å². The van der Waals surface area contributed by atoms with Gasteiger partial charge in [-0.25, -0.2) is 0 Å². The van der Waals surface area contributed by atoms with E-state index in [1.165, 1.54) is 12.2 Å². The number of carbonyl (C=O) groups is 2. The molecule has 0 aliphatic rings. The lowest BCUT2D eigenvalue weighted by Crippen LogP contribution is -2.13. The number of hydrogen-bond acceptors (Lipinski definition) is 4. The molecule has 182 valence electrons. The van der Waals surface area contributed by atoms with Crippen LogP contribution in [-0.4, -0.2) is 37.6 Å². The molecule has 0 aliphatic carbocycles. The Labute approximate surface area is 210 Å². The predicted octanol–water partition coefficient (Wildman–Crippen LogP) is 3.66. The molecule has 0 saturated heterocycles. The summed E-state index contributed by atoms with van der Waals surface area (Å²) in [7, 11) is 3.25. The fourth-order valence-electron chi connectivity index (χ4n) is 3.14. The summed E-state index contributed by atoms with van der Waals surface area (Å²) in [5.74, 6) is 0.368. The standard InChI is InChI=1S/C28H28N6O2/c1-31-27(29)21-9-13-23(14-10-21)33-25(35)17-7-19-3-5-20(6-4-19)8-18-26(36)34-24-15-11-22(12-16-24)28(30)32-2/h3-18H,1-2H3,(H2,29,31)(H2,30,32)(H,33,35)(H,34,36)/b17-7-,18-8+. The Morgan fingerprint density at radius 2 is 0.944 bits per heavy atom. The van der Waals surface area contributed by atoms with Gasteiger partial charge in [0, 0.05) is 48.7 Å². The maximum atomic E-state index is 12.2. The SMILES string of the molecule is C/N=C(\N)c1ccc(NC(=O)/C=C\c2ccc(/C=C/C(=O)Nc3ccc(/C(N)=N/C)cc3)cc2)cc1. The molecule has 0 atom stereocenters. The Hall–Kier alpha value is -4.98. The second kappa shape index (κ2) is 12.5. The number of nitrogens with zero attached hydrogens (tertiary/aromatic N) is 2. The number of amides is 2. The van der Waals surface area contributed by atoms with Gasteiger partial charge in [-0.3, -0.25) is 19.6 Å². The van der Waals surface area contributed by atoms with Crippen molar-refractivity contribution >= 4 is 47.0 Å². The van der Waals surface area contributed by atoms with Crippen LogP contribution in [0.5, 0.6) is 0 Å². The van der Waals surface area contributed by atoms with Crippen LogP contribution in [0.2, 0.25) is 0 Å². The van der Waals surface area contributed by atoms with Crippen molar-refractivity contribution in [3.63, 3.8) is 0 Å². The van der Waals surface area contributed by atoms with Gasteiger partial charge in [-0.15, -0.1) is 0 Å². The molecule has 2 amide bonds. The van der Waals surface area contributed by atoms with Crippen LogP contribution in [0.3, 0.4) is 0 Å². The zero-order valence-electron chi connectivity index (χ0n) is 20.1. The first kappa shape index (κ1) is 25.6. The molecule has 0 aliphatic heterocycles. The Balaban J connectivity index is 1.51. The third-order valence-electron chi connectivity index (χ3n) is 5.17. The van der Waals surface area contributed by atoms with Gasteiger partial charge in [-0.1, -0.05) is 24.3 Å². The van der Waals surface area contributed by atoms with Gasteiger partial charge in [0.2, 0.25) is 11.8 Å². The molecule has 36 heavy (non-hydrogen) atoms. The summed E-state index contributed by atoms with van der Waals surface area (Å²) in [6.07, 6.45) is 6.34. The van der Waals surface area contributed by atoms with E-state index in [0.29, 0.717) is 23.0 Å². The largest absolute Gasteiger partial charge is 0.384 e.